The van der Waals surface area contributed by atoms with Gasteiger partial charge in [0.15, 0.2) is 0 Å². The lowest BCUT2D eigenvalue weighted by atomic mass is 10.1. The summed E-state index contributed by atoms with van der Waals surface area (Å²) < 4.78 is 0. The molecule has 0 radical (unpaired) electrons. The molecule has 2 heteroatoms. The molecule has 0 saturated heterocycles. The summed E-state index contributed by atoms with van der Waals surface area (Å²) in [6, 6.07) is 0. The van der Waals surface area contributed by atoms with Gasteiger partial charge in [0, 0.05) is 17.0 Å². The largest absolute Gasteiger partial charge is 0.238 e. The van der Waals surface area contributed by atoms with E-state index >= 15 is 0 Å². The minimum Gasteiger partial charge on any atom is -0.238 e. The first kappa shape index (κ1) is 8.91. The van der Waals surface area contributed by atoms with Crippen LogP contribution in [0.25, 0.3) is 6.08 Å². The Kier molecular flexibility index (Phi) is 2.58. The molecule has 2 nitrogen and oxygen atoms in total. The molecule has 0 bridgehead atoms. The Bertz CT molecular complexity index is 291. The molecule has 0 atom stereocenters. The molecular weight excluding hydrogens is 148 g/mol. The lowest BCUT2D eigenvalue weighted by Gasteiger charge is -2.04. The van der Waals surface area contributed by atoms with Gasteiger partial charge in [-0.2, -0.15) is 0 Å². The third kappa shape index (κ3) is 1.70. The number of aryl methyl sites for hydroxylation is 3. The summed E-state index contributed by atoms with van der Waals surface area (Å²) in [7, 11) is 0. The van der Waals surface area contributed by atoms with Crippen molar-refractivity contribution >= 4 is 6.08 Å². The van der Waals surface area contributed by atoms with Crippen LogP contribution in [0.15, 0.2) is 6.08 Å². The van der Waals surface area contributed by atoms with Crippen LogP contribution in [-0.4, -0.2) is 9.97 Å². The summed E-state index contributed by atoms with van der Waals surface area (Å²) in [6.07, 6.45) is 4.05. The summed E-state index contributed by atoms with van der Waals surface area (Å²) in [5.41, 5.74) is 3.25. The van der Waals surface area contributed by atoms with Crippen LogP contribution in [0.3, 0.4) is 0 Å². The first-order chi connectivity index (χ1) is 5.65. The van der Waals surface area contributed by atoms with E-state index in [1.54, 1.807) is 0 Å². The van der Waals surface area contributed by atoms with Crippen LogP contribution < -0.4 is 0 Å². The highest BCUT2D eigenvalue weighted by Gasteiger charge is 2.01. The third-order valence-electron chi connectivity index (χ3n) is 1.77. The molecule has 1 aromatic rings. The van der Waals surface area contributed by atoms with Crippen molar-refractivity contribution in [2.75, 3.05) is 0 Å². The van der Waals surface area contributed by atoms with E-state index in [2.05, 4.69) is 9.97 Å². The minimum atomic E-state index is 0.846. The highest BCUT2D eigenvalue weighted by Crippen LogP contribution is 2.11. The van der Waals surface area contributed by atoms with Crippen molar-refractivity contribution in [1.82, 2.24) is 9.97 Å². The highest BCUT2D eigenvalue weighted by atomic mass is 14.9. The van der Waals surface area contributed by atoms with E-state index < -0.39 is 0 Å². The van der Waals surface area contributed by atoms with Gasteiger partial charge in [-0.1, -0.05) is 12.2 Å². The molecule has 0 aliphatic rings. The van der Waals surface area contributed by atoms with E-state index in [0.29, 0.717) is 0 Å². The molecule has 0 spiro atoms. The van der Waals surface area contributed by atoms with Crippen molar-refractivity contribution in [2.24, 2.45) is 0 Å². The normalized spacial score (nSPS) is 11.0. The van der Waals surface area contributed by atoms with Crippen LogP contribution in [0, 0.1) is 20.8 Å². The summed E-state index contributed by atoms with van der Waals surface area (Å²) in [6.45, 7) is 7.94. The fraction of sp³-hybridized carbons (Fsp3) is 0.400. The number of aromatic nitrogens is 2. The van der Waals surface area contributed by atoms with Crippen LogP contribution in [0.4, 0.5) is 0 Å². The van der Waals surface area contributed by atoms with E-state index in [-0.39, 0.29) is 0 Å². The summed E-state index contributed by atoms with van der Waals surface area (Å²) in [5.74, 6) is 0.846. The first-order valence-electron chi connectivity index (χ1n) is 4.09. The first-order valence-corrected chi connectivity index (χ1v) is 4.09. The van der Waals surface area contributed by atoms with Crippen LogP contribution in [-0.2, 0) is 0 Å². The van der Waals surface area contributed by atoms with Gasteiger partial charge in [-0.05, 0) is 27.7 Å². The van der Waals surface area contributed by atoms with Gasteiger partial charge >= 0.3 is 0 Å². The van der Waals surface area contributed by atoms with Crippen molar-refractivity contribution in [3.8, 4) is 0 Å². The molecule has 0 saturated carbocycles. The highest BCUT2D eigenvalue weighted by molar-refractivity contribution is 5.53. The van der Waals surface area contributed by atoms with Crippen LogP contribution in [0.2, 0.25) is 0 Å². The molecule has 0 aliphatic carbocycles. The molecule has 1 aromatic heterocycles. The number of allylic oxidation sites excluding steroid dienone is 1. The predicted octanol–water partition coefficient (Wildman–Crippen LogP) is 2.43. The maximum atomic E-state index is 4.29. The van der Waals surface area contributed by atoms with Gasteiger partial charge in [-0.15, -0.1) is 0 Å². The average molecular weight is 162 g/mol. The maximum absolute atomic E-state index is 4.29. The topological polar surface area (TPSA) is 25.8 Å². The lowest BCUT2D eigenvalue weighted by molar-refractivity contribution is 0.969. The molecule has 0 fully saturated rings. The maximum Gasteiger partial charge on any atom is 0.125 e. The average Bonchev–Trinajstić information content (AvgIpc) is 1.96. The number of nitrogens with zero attached hydrogens (tertiary/aromatic N) is 2. The van der Waals surface area contributed by atoms with Gasteiger partial charge in [-0.25, -0.2) is 9.97 Å². The quantitative estimate of drug-likeness (QED) is 0.633. The molecule has 0 unspecified atom stereocenters. The zero-order chi connectivity index (χ0) is 9.14. The Balaban J connectivity index is 3.28. The van der Waals surface area contributed by atoms with Gasteiger partial charge in [0.2, 0.25) is 0 Å². The van der Waals surface area contributed by atoms with Crippen molar-refractivity contribution in [1.29, 1.82) is 0 Å². The Morgan fingerprint density at radius 1 is 1.00 bits per heavy atom. The van der Waals surface area contributed by atoms with Crippen molar-refractivity contribution in [3.63, 3.8) is 0 Å². The van der Waals surface area contributed by atoms with Crippen molar-refractivity contribution in [2.45, 2.75) is 27.7 Å². The Morgan fingerprint density at radius 3 is 1.92 bits per heavy atom. The molecule has 12 heavy (non-hydrogen) atoms. The molecule has 0 amide bonds. The zero-order valence-corrected chi connectivity index (χ0v) is 8.05. The Hall–Kier alpha value is -1.18. The zero-order valence-electron chi connectivity index (χ0n) is 8.05. The molecule has 0 N–H and O–H groups in total. The summed E-state index contributed by atoms with van der Waals surface area (Å²) in [5, 5.41) is 0. The molecule has 1 heterocycles. The Labute approximate surface area is 73.4 Å². The third-order valence-corrected chi connectivity index (χ3v) is 1.77. The van der Waals surface area contributed by atoms with E-state index in [0.717, 1.165) is 22.8 Å². The fourth-order valence-corrected chi connectivity index (χ4v) is 1.30. The number of rotatable bonds is 1. The van der Waals surface area contributed by atoms with Crippen LogP contribution in [0.1, 0.15) is 29.7 Å². The lowest BCUT2D eigenvalue weighted by Crippen LogP contribution is -1.98. The molecule has 1 rings (SSSR count). The standard InChI is InChI=1S/C10H14N2/c1-5-6-10-7(2)11-9(4)12-8(10)3/h5-6H,1-4H3/b6-5+. The van der Waals surface area contributed by atoms with Crippen molar-refractivity contribution < 1.29 is 0 Å². The predicted molar refractivity (Wildman–Crippen MR) is 51.0 cm³/mol. The van der Waals surface area contributed by atoms with Gasteiger partial charge < -0.3 is 0 Å². The van der Waals surface area contributed by atoms with Gasteiger partial charge in [0.05, 0.1) is 0 Å². The van der Waals surface area contributed by atoms with Crippen LogP contribution >= 0.6 is 0 Å². The number of hydrogen-bond acceptors (Lipinski definition) is 2. The van der Waals surface area contributed by atoms with E-state index in [1.807, 2.05) is 39.8 Å². The molecular formula is C10H14N2. The Morgan fingerprint density at radius 2 is 1.50 bits per heavy atom. The van der Waals surface area contributed by atoms with E-state index in [4.69, 9.17) is 0 Å². The van der Waals surface area contributed by atoms with Gasteiger partial charge in [0.25, 0.3) is 0 Å². The smallest absolute Gasteiger partial charge is 0.125 e. The monoisotopic (exact) mass is 162 g/mol. The second kappa shape index (κ2) is 3.48. The van der Waals surface area contributed by atoms with Crippen molar-refractivity contribution in [3.05, 3.63) is 28.9 Å². The van der Waals surface area contributed by atoms with Gasteiger partial charge in [-0.3, -0.25) is 0 Å². The second-order valence-corrected chi connectivity index (χ2v) is 2.86. The molecule has 64 valence electrons. The van der Waals surface area contributed by atoms with Gasteiger partial charge in [0.1, 0.15) is 5.82 Å². The van der Waals surface area contributed by atoms with E-state index in [1.165, 1.54) is 0 Å². The second-order valence-electron chi connectivity index (χ2n) is 2.86. The van der Waals surface area contributed by atoms with E-state index in [9.17, 15) is 0 Å². The number of hydrogen-bond donors (Lipinski definition) is 0. The SMILES string of the molecule is C/C=C/c1c(C)nc(C)nc1C. The molecule has 0 aromatic carbocycles. The summed E-state index contributed by atoms with van der Waals surface area (Å²) >= 11 is 0. The molecule has 0 aliphatic heterocycles. The minimum absolute atomic E-state index is 0.846. The summed E-state index contributed by atoms with van der Waals surface area (Å²) in [4.78, 5) is 8.58. The van der Waals surface area contributed by atoms with Crippen LogP contribution in [0.5, 0.6) is 0 Å². The fourth-order valence-electron chi connectivity index (χ4n) is 1.30.